The average molecular weight is 542 g/mol. The van der Waals surface area contributed by atoms with Crippen molar-refractivity contribution in [3.8, 4) is 0 Å². The van der Waals surface area contributed by atoms with Crippen LogP contribution in [0, 0.1) is 0 Å². The number of anilines is 2. The van der Waals surface area contributed by atoms with E-state index in [0.717, 1.165) is 12.1 Å². The Morgan fingerprint density at radius 1 is 0.950 bits per heavy atom. The van der Waals surface area contributed by atoms with Gasteiger partial charge in [-0.3, -0.25) is 24.1 Å². The maximum atomic E-state index is 13.1. The molecule has 0 spiro atoms. The summed E-state index contributed by atoms with van der Waals surface area (Å²) >= 11 is 0. The Kier molecular flexibility index (Phi) is 7.85. The van der Waals surface area contributed by atoms with Crippen LogP contribution in [-0.4, -0.2) is 66.5 Å². The van der Waals surface area contributed by atoms with Gasteiger partial charge in [0.2, 0.25) is 5.91 Å². The molecule has 0 bridgehead atoms. The SMILES string of the molecule is O=C1CN(CCONC(=O)c2ccc(N/C(=C3/C(=O)Nc4cc(C(=O)O)ccc43)c3ccccc3)cc2)CCN1. The van der Waals surface area contributed by atoms with E-state index >= 15 is 0 Å². The van der Waals surface area contributed by atoms with Gasteiger partial charge in [-0.25, -0.2) is 10.3 Å². The summed E-state index contributed by atoms with van der Waals surface area (Å²) in [6, 6.07) is 20.5. The quantitative estimate of drug-likeness (QED) is 0.158. The van der Waals surface area contributed by atoms with E-state index in [1.54, 1.807) is 30.3 Å². The molecule has 5 rings (SSSR count). The number of rotatable bonds is 9. The molecule has 0 atom stereocenters. The average Bonchev–Trinajstić information content (AvgIpc) is 3.29. The lowest BCUT2D eigenvalue weighted by atomic mass is 9.99. The first-order valence-electron chi connectivity index (χ1n) is 12.7. The number of hydrogen-bond donors (Lipinski definition) is 5. The van der Waals surface area contributed by atoms with Gasteiger partial charge in [-0.1, -0.05) is 36.4 Å². The smallest absolute Gasteiger partial charge is 0.335 e. The molecule has 2 aliphatic rings. The lowest BCUT2D eigenvalue weighted by Crippen LogP contribution is -2.48. The number of benzene rings is 3. The third-order valence-corrected chi connectivity index (χ3v) is 6.53. The monoisotopic (exact) mass is 541 g/mol. The first kappa shape index (κ1) is 26.6. The van der Waals surface area contributed by atoms with Crippen molar-refractivity contribution in [3.63, 3.8) is 0 Å². The van der Waals surface area contributed by atoms with E-state index in [2.05, 4.69) is 21.4 Å². The minimum atomic E-state index is -1.08. The fraction of sp³-hybridized carbons (Fsp3) is 0.172. The molecule has 1 fully saturated rings. The molecule has 2 aliphatic heterocycles. The number of nitrogens with one attached hydrogen (secondary N) is 4. The summed E-state index contributed by atoms with van der Waals surface area (Å²) in [6.07, 6.45) is 0. The van der Waals surface area contributed by atoms with Gasteiger partial charge in [0, 0.05) is 36.4 Å². The summed E-state index contributed by atoms with van der Waals surface area (Å²) in [4.78, 5) is 55.7. The van der Waals surface area contributed by atoms with Gasteiger partial charge in [-0.2, -0.15) is 0 Å². The number of hydroxylamine groups is 1. The third kappa shape index (κ3) is 6.01. The van der Waals surface area contributed by atoms with E-state index in [1.165, 1.54) is 12.1 Å². The highest BCUT2D eigenvalue weighted by atomic mass is 16.7. The molecule has 0 saturated carbocycles. The number of nitrogens with zero attached hydrogens (tertiary/aromatic N) is 1. The van der Waals surface area contributed by atoms with Gasteiger partial charge in [0.25, 0.3) is 11.8 Å². The molecule has 1 saturated heterocycles. The number of carboxylic acid groups (broad SMARTS) is 1. The van der Waals surface area contributed by atoms with E-state index in [1.807, 2.05) is 35.2 Å². The largest absolute Gasteiger partial charge is 0.478 e. The molecule has 0 unspecified atom stereocenters. The van der Waals surface area contributed by atoms with E-state index < -0.39 is 11.9 Å². The minimum Gasteiger partial charge on any atom is -0.478 e. The highest BCUT2D eigenvalue weighted by Crippen LogP contribution is 2.38. The number of fused-ring (bicyclic) bond motifs is 1. The summed E-state index contributed by atoms with van der Waals surface area (Å²) in [5.74, 6) is -1.88. The number of aromatic carboxylic acids is 1. The van der Waals surface area contributed by atoms with Gasteiger partial charge >= 0.3 is 5.97 Å². The maximum Gasteiger partial charge on any atom is 0.335 e. The molecule has 0 aliphatic carbocycles. The number of amides is 3. The van der Waals surface area contributed by atoms with Crippen LogP contribution in [0.2, 0.25) is 0 Å². The minimum absolute atomic E-state index is 0.0276. The lowest BCUT2D eigenvalue weighted by molar-refractivity contribution is -0.124. The summed E-state index contributed by atoms with van der Waals surface area (Å²) in [7, 11) is 0. The van der Waals surface area contributed by atoms with Crippen molar-refractivity contribution in [2.45, 2.75) is 0 Å². The van der Waals surface area contributed by atoms with E-state index in [9.17, 15) is 24.3 Å². The molecule has 0 radical (unpaired) electrons. The van der Waals surface area contributed by atoms with Gasteiger partial charge in [0.1, 0.15) is 0 Å². The van der Waals surface area contributed by atoms with Crippen LogP contribution >= 0.6 is 0 Å². The van der Waals surface area contributed by atoms with Crippen LogP contribution in [0.1, 0.15) is 31.8 Å². The van der Waals surface area contributed by atoms with E-state index in [4.69, 9.17) is 4.84 Å². The van der Waals surface area contributed by atoms with Crippen molar-refractivity contribution in [3.05, 3.63) is 95.1 Å². The molecule has 40 heavy (non-hydrogen) atoms. The Bertz CT molecular complexity index is 1490. The fourth-order valence-corrected chi connectivity index (χ4v) is 4.52. The number of carbonyl (C=O) groups excluding carboxylic acids is 3. The zero-order chi connectivity index (χ0) is 28.1. The normalized spacial score (nSPS) is 16.0. The molecule has 3 aromatic carbocycles. The number of piperazine rings is 1. The van der Waals surface area contributed by atoms with Crippen molar-refractivity contribution in [2.75, 3.05) is 43.4 Å². The highest BCUT2D eigenvalue weighted by Gasteiger charge is 2.29. The van der Waals surface area contributed by atoms with Gasteiger partial charge in [-0.15, -0.1) is 0 Å². The van der Waals surface area contributed by atoms with Crippen LogP contribution < -0.4 is 21.4 Å². The maximum absolute atomic E-state index is 13.1. The zero-order valence-electron chi connectivity index (χ0n) is 21.4. The van der Waals surface area contributed by atoms with Crippen LogP contribution in [0.15, 0.2) is 72.8 Å². The Morgan fingerprint density at radius 2 is 1.70 bits per heavy atom. The third-order valence-electron chi connectivity index (χ3n) is 6.53. The lowest BCUT2D eigenvalue weighted by Gasteiger charge is -2.25. The molecule has 0 aromatic heterocycles. The van der Waals surface area contributed by atoms with Gasteiger partial charge in [0.05, 0.1) is 35.7 Å². The molecular formula is C29H27N5O6. The van der Waals surface area contributed by atoms with Gasteiger partial charge < -0.3 is 21.1 Å². The first-order chi connectivity index (χ1) is 19.4. The number of hydrogen-bond acceptors (Lipinski definition) is 7. The zero-order valence-corrected chi connectivity index (χ0v) is 21.4. The summed E-state index contributed by atoms with van der Waals surface area (Å²) < 4.78 is 0. The molecule has 2 heterocycles. The number of carboxylic acids is 1. The summed E-state index contributed by atoms with van der Waals surface area (Å²) in [6.45, 7) is 2.39. The second kappa shape index (κ2) is 11.8. The predicted molar refractivity (Wildman–Crippen MR) is 148 cm³/mol. The Labute approximate surface area is 229 Å². The highest BCUT2D eigenvalue weighted by molar-refractivity contribution is 6.37. The molecular weight excluding hydrogens is 514 g/mol. The Morgan fingerprint density at radius 3 is 2.42 bits per heavy atom. The second-order valence-electron chi connectivity index (χ2n) is 9.24. The topological polar surface area (TPSA) is 149 Å². The van der Waals surface area contributed by atoms with E-state index in [-0.39, 0.29) is 24.0 Å². The standard InChI is InChI=1S/C29H27N5O6/c35-24-17-34(13-12-30-24)14-15-40-33-27(36)19-6-9-21(10-7-19)31-26(18-4-2-1-3-5-18)25-22-11-8-20(29(38)39)16-23(22)32-28(25)37/h1-11,16,31H,12-15,17H2,(H,30,35)(H,32,37)(H,33,36)(H,38,39)/b26-25+. The van der Waals surface area contributed by atoms with Crippen LogP contribution in [0.4, 0.5) is 11.4 Å². The van der Waals surface area contributed by atoms with Gasteiger partial charge in [0.15, 0.2) is 0 Å². The molecule has 11 nitrogen and oxygen atoms in total. The summed E-state index contributed by atoms with van der Waals surface area (Å²) in [5, 5.41) is 18.1. The van der Waals surface area contributed by atoms with Crippen LogP contribution in [0.3, 0.4) is 0 Å². The molecule has 204 valence electrons. The Hall–Kier alpha value is -5.00. The van der Waals surface area contributed by atoms with Crippen molar-refractivity contribution >= 4 is 46.3 Å². The molecule has 11 heteroatoms. The molecule has 3 aromatic rings. The number of carbonyl (C=O) groups is 4. The second-order valence-corrected chi connectivity index (χ2v) is 9.24. The van der Waals surface area contributed by atoms with Crippen LogP contribution in [0.5, 0.6) is 0 Å². The molecule has 3 amide bonds. The molecule has 5 N–H and O–H groups in total. The van der Waals surface area contributed by atoms with Crippen molar-refractivity contribution < 1.29 is 29.1 Å². The van der Waals surface area contributed by atoms with Crippen molar-refractivity contribution in [1.29, 1.82) is 0 Å². The van der Waals surface area contributed by atoms with Gasteiger partial charge in [-0.05, 0) is 42.0 Å². The van der Waals surface area contributed by atoms with Crippen molar-refractivity contribution in [2.24, 2.45) is 0 Å². The predicted octanol–water partition coefficient (Wildman–Crippen LogP) is 2.41. The van der Waals surface area contributed by atoms with Crippen LogP contribution in [0.25, 0.3) is 11.3 Å². The van der Waals surface area contributed by atoms with E-state index in [0.29, 0.717) is 53.4 Å². The first-order valence-corrected chi connectivity index (χ1v) is 12.7. The van der Waals surface area contributed by atoms with Crippen molar-refractivity contribution in [1.82, 2.24) is 15.7 Å². The van der Waals surface area contributed by atoms with Crippen LogP contribution in [-0.2, 0) is 14.4 Å². The summed E-state index contributed by atoms with van der Waals surface area (Å²) in [5.41, 5.74) is 6.17. The fourth-order valence-electron chi connectivity index (χ4n) is 4.52. The Balaban J connectivity index is 1.30.